The molecule has 0 heterocycles. The lowest BCUT2D eigenvalue weighted by Gasteiger charge is -2.37. The molecule has 4 heteroatoms. The highest BCUT2D eigenvalue weighted by atomic mass is 35.5. The zero-order chi connectivity index (χ0) is 14.6. The SMILES string of the molecule is CCC(CC)(C(=O)Cc1cccc(Cl)c1Cl)N(C)C. The molecule has 0 atom stereocenters. The number of nitrogens with zero attached hydrogens (tertiary/aromatic N) is 1. The predicted molar refractivity (Wildman–Crippen MR) is 82.2 cm³/mol. The minimum absolute atomic E-state index is 0.187. The van der Waals surface area contributed by atoms with E-state index in [0.717, 1.165) is 18.4 Å². The first kappa shape index (κ1) is 16.5. The minimum atomic E-state index is -0.425. The van der Waals surface area contributed by atoms with Crippen LogP contribution in [0.25, 0.3) is 0 Å². The number of hydrogen-bond acceptors (Lipinski definition) is 2. The van der Waals surface area contributed by atoms with Gasteiger partial charge in [0.15, 0.2) is 5.78 Å². The number of carbonyl (C=O) groups excluding carboxylic acids is 1. The van der Waals surface area contributed by atoms with Gasteiger partial charge in [0, 0.05) is 6.42 Å². The molecule has 19 heavy (non-hydrogen) atoms. The van der Waals surface area contributed by atoms with Gasteiger partial charge < -0.3 is 0 Å². The summed E-state index contributed by atoms with van der Waals surface area (Å²) >= 11 is 12.1. The molecule has 0 bridgehead atoms. The Morgan fingerprint density at radius 1 is 1.21 bits per heavy atom. The molecular formula is C15H21Cl2NO. The molecule has 1 rings (SSSR count). The third-order valence-corrected chi connectivity index (χ3v) is 4.79. The summed E-state index contributed by atoms with van der Waals surface area (Å²) in [5.74, 6) is 0.187. The van der Waals surface area contributed by atoms with Crippen molar-refractivity contribution >= 4 is 29.0 Å². The minimum Gasteiger partial charge on any atom is -0.297 e. The Kier molecular flexibility index (Phi) is 5.84. The molecule has 0 spiro atoms. The quantitative estimate of drug-likeness (QED) is 0.784. The van der Waals surface area contributed by atoms with E-state index < -0.39 is 5.54 Å². The molecule has 2 nitrogen and oxygen atoms in total. The molecule has 0 amide bonds. The van der Waals surface area contributed by atoms with E-state index in [0.29, 0.717) is 16.5 Å². The van der Waals surface area contributed by atoms with Gasteiger partial charge in [-0.3, -0.25) is 9.69 Å². The molecule has 0 N–H and O–H groups in total. The normalized spacial score (nSPS) is 11.9. The highest BCUT2D eigenvalue weighted by molar-refractivity contribution is 6.42. The van der Waals surface area contributed by atoms with Crippen molar-refractivity contribution in [3.8, 4) is 0 Å². The van der Waals surface area contributed by atoms with Crippen LogP contribution in [0.2, 0.25) is 10.0 Å². The van der Waals surface area contributed by atoms with E-state index in [9.17, 15) is 4.79 Å². The Labute approximate surface area is 125 Å². The second-order valence-corrected chi connectivity index (χ2v) is 5.73. The van der Waals surface area contributed by atoms with Crippen molar-refractivity contribution in [3.63, 3.8) is 0 Å². The van der Waals surface area contributed by atoms with Crippen LogP contribution in [0.1, 0.15) is 32.3 Å². The molecule has 106 valence electrons. The fourth-order valence-electron chi connectivity index (χ4n) is 2.55. The number of carbonyl (C=O) groups is 1. The van der Waals surface area contributed by atoms with Crippen LogP contribution in [0.3, 0.4) is 0 Å². The largest absolute Gasteiger partial charge is 0.297 e. The maximum absolute atomic E-state index is 12.7. The average molecular weight is 302 g/mol. The predicted octanol–water partition coefficient (Wildman–Crippen LogP) is 4.23. The Bertz CT molecular complexity index is 453. The number of halogens is 2. The highest BCUT2D eigenvalue weighted by Gasteiger charge is 2.36. The van der Waals surface area contributed by atoms with E-state index >= 15 is 0 Å². The smallest absolute Gasteiger partial charge is 0.157 e. The van der Waals surface area contributed by atoms with E-state index in [4.69, 9.17) is 23.2 Å². The lowest BCUT2D eigenvalue weighted by molar-refractivity contribution is -0.129. The van der Waals surface area contributed by atoms with Crippen LogP contribution >= 0.6 is 23.2 Å². The van der Waals surface area contributed by atoms with Crippen molar-refractivity contribution < 1.29 is 4.79 Å². The summed E-state index contributed by atoms with van der Waals surface area (Å²) in [6.07, 6.45) is 1.89. The zero-order valence-electron chi connectivity index (χ0n) is 12.0. The maximum atomic E-state index is 12.7. The molecular weight excluding hydrogens is 281 g/mol. The van der Waals surface area contributed by atoms with Crippen LogP contribution < -0.4 is 0 Å². The third-order valence-electron chi connectivity index (χ3n) is 3.93. The van der Waals surface area contributed by atoms with Gasteiger partial charge in [-0.2, -0.15) is 0 Å². The maximum Gasteiger partial charge on any atom is 0.157 e. The molecule has 0 fully saturated rings. The van der Waals surface area contributed by atoms with Gasteiger partial charge in [-0.25, -0.2) is 0 Å². The van der Waals surface area contributed by atoms with Crippen LogP contribution in [-0.2, 0) is 11.2 Å². The first-order chi connectivity index (χ1) is 8.89. The van der Waals surface area contributed by atoms with Gasteiger partial charge >= 0.3 is 0 Å². The molecule has 0 unspecified atom stereocenters. The second-order valence-electron chi connectivity index (χ2n) is 4.95. The molecule has 0 aliphatic rings. The number of rotatable bonds is 6. The van der Waals surface area contributed by atoms with Crippen molar-refractivity contribution in [2.75, 3.05) is 14.1 Å². The Balaban J connectivity index is 3.04. The summed E-state index contributed by atoms with van der Waals surface area (Å²) < 4.78 is 0. The summed E-state index contributed by atoms with van der Waals surface area (Å²) in [6, 6.07) is 5.42. The number of hydrogen-bond donors (Lipinski definition) is 0. The van der Waals surface area contributed by atoms with Gasteiger partial charge in [0.25, 0.3) is 0 Å². The van der Waals surface area contributed by atoms with Crippen LogP contribution in [0.5, 0.6) is 0 Å². The van der Waals surface area contributed by atoms with Crippen molar-refractivity contribution in [3.05, 3.63) is 33.8 Å². The monoisotopic (exact) mass is 301 g/mol. The Morgan fingerprint density at radius 2 is 1.79 bits per heavy atom. The standard InChI is InChI=1S/C15H21Cl2NO/c1-5-15(6-2,18(3)4)13(19)10-11-8-7-9-12(16)14(11)17/h7-9H,5-6,10H2,1-4H3. The number of likely N-dealkylation sites (N-methyl/N-ethyl adjacent to an activating group) is 1. The summed E-state index contributed by atoms with van der Waals surface area (Å²) in [6.45, 7) is 4.09. The van der Waals surface area contributed by atoms with Crippen molar-refractivity contribution in [2.24, 2.45) is 0 Å². The molecule has 1 aromatic rings. The molecule has 0 saturated carbocycles. The van der Waals surface area contributed by atoms with Crippen LogP contribution in [0.15, 0.2) is 18.2 Å². The number of ketones is 1. The van der Waals surface area contributed by atoms with Gasteiger partial charge in [-0.1, -0.05) is 49.2 Å². The van der Waals surface area contributed by atoms with E-state index in [1.165, 1.54) is 0 Å². The first-order valence-corrected chi connectivity index (χ1v) is 7.28. The highest BCUT2D eigenvalue weighted by Crippen LogP contribution is 2.29. The van der Waals surface area contributed by atoms with Crippen LogP contribution in [0.4, 0.5) is 0 Å². The lowest BCUT2D eigenvalue weighted by atomic mass is 9.83. The Hall–Kier alpha value is -0.570. The molecule has 0 radical (unpaired) electrons. The number of Topliss-reactive ketones (excluding diaryl/α,β-unsaturated/α-hetero) is 1. The summed E-state index contributed by atoms with van der Waals surface area (Å²) in [5.41, 5.74) is 0.373. The van der Waals surface area contributed by atoms with Gasteiger partial charge in [0.05, 0.1) is 15.6 Å². The van der Waals surface area contributed by atoms with E-state index in [2.05, 4.69) is 0 Å². The topological polar surface area (TPSA) is 20.3 Å². The zero-order valence-corrected chi connectivity index (χ0v) is 13.5. The van der Waals surface area contributed by atoms with E-state index in [1.807, 2.05) is 45.0 Å². The molecule has 0 saturated heterocycles. The van der Waals surface area contributed by atoms with Crippen molar-refractivity contribution in [2.45, 2.75) is 38.6 Å². The fourth-order valence-corrected chi connectivity index (χ4v) is 2.94. The summed E-state index contributed by atoms with van der Waals surface area (Å²) in [5, 5.41) is 0.979. The van der Waals surface area contributed by atoms with Crippen LogP contribution in [0, 0.1) is 0 Å². The molecule has 1 aromatic carbocycles. The van der Waals surface area contributed by atoms with Gasteiger partial charge in [-0.05, 0) is 38.6 Å². The first-order valence-electron chi connectivity index (χ1n) is 6.52. The average Bonchev–Trinajstić information content (AvgIpc) is 2.36. The second kappa shape index (κ2) is 6.74. The van der Waals surface area contributed by atoms with E-state index in [-0.39, 0.29) is 5.78 Å². The Morgan fingerprint density at radius 3 is 2.26 bits per heavy atom. The molecule has 0 aliphatic heterocycles. The summed E-state index contributed by atoms with van der Waals surface area (Å²) in [4.78, 5) is 14.7. The fraction of sp³-hybridized carbons (Fsp3) is 0.533. The van der Waals surface area contributed by atoms with Crippen molar-refractivity contribution in [1.82, 2.24) is 4.90 Å². The van der Waals surface area contributed by atoms with Crippen molar-refractivity contribution in [1.29, 1.82) is 0 Å². The van der Waals surface area contributed by atoms with Gasteiger partial charge in [-0.15, -0.1) is 0 Å². The molecule has 0 aliphatic carbocycles. The number of benzene rings is 1. The lowest BCUT2D eigenvalue weighted by Crippen LogP contribution is -2.51. The van der Waals surface area contributed by atoms with Gasteiger partial charge in [0.2, 0.25) is 0 Å². The van der Waals surface area contributed by atoms with E-state index in [1.54, 1.807) is 6.07 Å². The van der Waals surface area contributed by atoms with Crippen LogP contribution in [-0.4, -0.2) is 30.3 Å². The third kappa shape index (κ3) is 3.31. The molecule has 0 aromatic heterocycles. The summed E-state index contributed by atoms with van der Waals surface area (Å²) in [7, 11) is 3.90. The van der Waals surface area contributed by atoms with Gasteiger partial charge in [0.1, 0.15) is 0 Å².